The van der Waals surface area contributed by atoms with Crippen LogP contribution in [0.25, 0.3) is 0 Å². The molecule has 1 aromatic rings. The van der Waals surface area contributed by atoms with Crippen LogP contribution in [0, 0.1) is 5.92 Å². The Morgan fingerprint density at radius 2 is 2.14 bits per heavy atom. The van der Waals surface area contributed by atoms with Crippen LogP contribution >= 0.6 is 0 Å². The fourth-order valence-corrected chi connectivity index (χ4v) is 3.40. The highest BCUT2D eigenvalue weighted by Gasteiger charge is 2.32. The minimum absolute atomic E-state index is 0.0582. The van der Waals surface area contributed by atoms with Gasteiger partial charge in [0.05, 0.1) is 11.9 Å². The van der Waals surface area contributed by atoms with Crippen molar-refractivity contribution in [2.75, 3.05) is 12.3 Å². The van der Waals surface area contributed by atoms with Gasteiger partial charge in [-0.3, -0.25) is 4.79 Å². The van der Waals surface area contributed by atoms with E-state index in [1.807, 2.05) is 38.1 Å². The van der Waals surface area contributed by atoms with Crippen LogP contribution in [0.1, 0.15) is 25.8 Å². The zero-order chi connectivity index (χ0) is 16.3. The van der Waals surface area contributed by atoms with Gasteiger partial charge in [-0.15, -0.1) is 3.89 Å². The van der Waals surface area contributed by atoms with Gasteiger partial charge >= 0.3 is 10.2 Å². The van der Waals surface area contributed by atoms with Gasteiger partial charge in [0, 0.05) is 25.4 Å². The van der Waals surface area contributed by atoms with E-state index in [0.717, 1.165) is 11.3 Å². The number of carbonyl (C=O) groups is 1. The molecule has 0 aliphatic carbocycles. The highest BCUT2D eigenvalue weighted by atomic mass is 32.3. The van der Waals surface area contributed by atoms with Gasteiger partial charge in [-0.2, -0.15) is 8.42 Å². The second-order valence-corrected chi connectivity index (χ2v) is 7.27. The van der Waals surface area contributed by atoms with E-state index in [-0.39, 0.29) is 25.0 Å². The predicted octanol–water partition coefficient (Wildman–Crippen LogP) is 2.12. The van der Waals surface area contributed by atoms with E-state index in [9.17, 15) is 17.1 Å². The highest BCUT2D eigenvalue weighted by Crippen LogP contribution is 2.23. The first kappa shape index (κ1) is 16.7. The Morgan fingerprint density at radius 3 is 2.77 bits per heavy atom. The van der Waals surface area contributed by atoms with E-state index >= 15 is 0 Å². The Morgan fingerprint density at radius 1 is 1.41 bits per heavy atom. The summed E-state index contributed by atoms with van der Waals surface area (Å²) < 4.78 is 39.7. The van der Waals surface area contributed by atoms with Gasteiger partial charge in [0.25, 0.3) is 0 Å². The Hall–Kier alpha value is -1.63. The van der Waals surface area contributed by atoms with Gasteiger partial charge in [-0.25, -0.2) is 0 Å². The molecule has 0 radical (unpaired) electrons. The fraction of sp³-hybridized carbons (Fsp3) is 0.533. The lowest BCUT2D eigenvalue weighted by molar-refractivity contribution is -0.128. The quantitative estimate of drug-likeness (QED) is 0.750. The van der Waals surface area contributed by atoms with Crippen molar-refractivity contribution in [2.45, 2.75) is 32.9 Å². The van der Waals surface area contributed by atoms with E-state index in [1.54, 1.807) is 4.90 Å². The smallest absolute Gasteiger partial charge is 0.302 e. The maximum atomic E-state index is 12.7. The molecule has 1 aromatic carbocycles. The SMILES string of the molecule is CC(C)Oc1cccc(CN2CC(CS(=O)(=O)F)CC2=O)c1. The molecule has 0 aromatic heterocycles. The maximum Gasteiger partial charge on any atom is 0.302 e. The summed E-state index contributed by atoms with van der Waals surface area (Å²) in [5.41, 5.74) is 0.898. The predicted molar refractivity (Wildman–Crippen MR) is 80.6 cm³/mol. The van der Waals surface area contributed by atoms with Gasteiger partial charge in [0.15, 0.2) is 0 Å². The fourth-order valence-electron chi connectivity index (χ4n) is 2.61. The molecule has 22 heavy (non-hydrogen) atoms. The van der Waals surface area contributed by atoms with Crippen molar-refractivity contribution in [2.24, 2.45) is 5.92 Å². The third-order valence-corrected chi connectivity index (χ3v) is 4.24. The van der Waals surface area contributed by atoms with E-state index in [2.05, 4.69) is 0 Å². The molecule has 1 unspecified atom stereocenters. The summed E-state index contributed by atoms with van der Waals surface area (Å²) in [5, 5.41) is 0. The molecule has 2 rings (SSSR count). The molecular weight excluding hydrogens is 309 g/mol. The molecule has 1 amide bonds. The molecule has 1 aliphatic heterocycles. The summed E-state index contributed by atoms with van der Waals surface area (Å²) in [6, 6.07) is 7.41. The lowest BCUT2D eigenvalue weighted by Crippen LogP contribution is -2.25. The second kappa shape index (κ2) is 6.64. The lowest BCUT2D eigenvalue weighted by atomic mass is 10.1. The van der Waals surface area contributed by atoms with Crippen LogP contribution in [0.2, 0.25) is 0 Å². The number of ether oxygens (including phenoxy) is 1. The Labute approximate surface area is 130 Å². The average molecular weight is 329 g/mol. The molecule has 1 heterocycles. The average Bonchev–Trinajstić information content (AvgIpc) is 2.66. The van der Waals surface area contributed by atoms with Crippen LogP contribution in [-0.4, -0.2) is 37.6 Å². The first-order chi connectivity index (χ1) is 10.2. The van der Waals surface area contributed by atoms with E-state index in [4.69, 9.17) is 4.74 Å². The number of benzene rings is 1. The lowest BCUT2D eigenvalue weighted by Gasteiger charge is -2.17. The van der Waals surface area contributed by atoms with Crippen LogP contribution in [0.4, 0.5) is 3.89 Å². The third kappa shape index (κ3) is 4.98. The molecule has 1 fully saturated rings. The van der Waals surface area contributed by atoms with Crippen LogP contribution in [0.15, 0.2) is 24.3 Å². The van der Waals surface area contributed by atoms with Crippen LogP contribution < -0.4 is 4.74 Å². The standard InChI is InChI=1S/C15H20FNO4S/c1-11(2)21-14-5-3-4-12(6-14)8-17-9-13(7-15(17)18)10-22(16,19)20/h3-6,11,13H,7-10H2,1-2H3. The van der Waals surface area contributed by atoms with Crippen molar-refractivity contribution in [3.05, 3.63) is 29.8 Å². The number of likely N-dealkylation sites (tertiary alicyclic amines) is 1. The molecule has 7 heteroatoms. The molecule has 0 spiro atoms. The van der Waals surface area contributed by atoms with Crippen molar-refractivity contribution < 1.29 is 21.8 Å². The normalized spacial score (nSPS) is 19.0. The Bertz CT molecular complexity index is 645. The molecule has 122 valence electrons. The molecule has 1 atom stereocenters. The number of nitrogens with zero attached hydrogens (tertiary/aromatic N) is 1. The summed E-state index contributed by atoms with van der Waals surface area (Å²) in [5.74, 6) is -0.491. The topological polar surface area (TPSA) is 63.7 Å². The van der Waals surface area contributed by atoms with Gasteiger partial charge in [-0.1, -0.05) is 12.1 Å². The molecule has 1 aliphatic rings. The zero-order valence-corrected chi connectivity index (χ0v) is 13.5. The molecule has 0 N–H and O–H groups in total. The molecular formula is C15H20FNO4S. The van der Waals surface area contributed by atoms with Crippen LogP contribution in [0.3, 0.4) is 0 Å². The van der Waals surface area contributed by atoms with E-state index in [1.165, 1.54) is 0 Å². The first-order valence-electron chi connectivity index (χ1n) is 7.18. The Kier molecular flexibility index (Phi) is 5.05. The minimum atomic E-state index is -4.55. The monoisotopic (exact) mass is 329 g/mol. The number of carbonyl (C=O) groups excluding carboxylic acids is 1. The summed E-state index contributed by atoms with van der Waals surface area (Å²) in [4.78, 5) is 13.5. The van der Waals surface area contributed by atoms with Crippen molar-refractivity contribution in [1.29, 1.82) is 0 Å². The van der Waals surface area contributed by atoms with Crippen LogP contribution in [-0.2, 0) is 21.6 Å². The van der Waals surface area contributed by atoms with Crippen molar-refractivity contribution in [3.63, 3.8) is 0 Å². The van der Waals surface area contributed by atoms with E-state index < -0.39 is 21.9 Å². The van der Waals surface area contributed by atoms with Crippen LogP contribution in [0.5, 0.6) is 5.75 Å². The highest BCUT2D eigenvalue weighted by molar-refractivity contribution is 7.86. The summed E-state index contributed by atoms with van der Waals surface area (Å²) in [6.07, 6.45) is 0.133. The van der Waals surface area contributed by atoms with Crippen molar-refractivity contribution in [3.8, 4) is 5.75 Å². The molecule has 5 nitrogen and oxygen atoms in total. The third-order valence-electron chi connectivity index (χ3n) is 3.37. The first-order valence-corrected chi connectivity index (χ1v) is 8.74. The minimum Gasteiger partial charge on any atom is -0.491 e. The van der Waals surface area contributed by atoms with Crippen molar-refractivity contribution >= 4 is 16.1 Å². The Balaban J connectivity index is 2.00. The van der Waals surface area contributed by atoms with Crippen molar-refractivity contribution in [1.82, 2.24) is 4.90 Å². The largest absolute Gasteiger partial charge is 0.491 e. The summed E-state index contributed by atoms with van der Waals surface area (Å²) in [6.45, 7) is 4.49. The summed E-state index contributed by atoms with van der Waals surface area (Å²) >= 11 is 0. The second-order valence-electron chi connectivity index (χ2n) is 5.86. The number of halogens is 1. The zero-order valence-electron chi connectivity index (χ0n) is 12.7. The number of amides is 1. The molecule has 0 saturated carbocycles. The van der Waals surface area contributed by atoms with Gasteiger partial charge in [-0.05, 0) is 31.5 Å². The number of rotatable bonds is 6. The van der Waals surface area contributed by atoms with Gasteiger partial charge in [0.2, 0.25) is 5.91 Å². The maximum absolute atomic E-state index is 12.7. The number of hydrogen-bond donors (Lipinski definition) is 0. The molecule has 1 saturated heterocycles. The summed E-state index contributed by atoms with van der Waals surface area (Å²) in [7, 11) is -4.55. The number of hydrogen-bond acceptors (Lipinski definition) is 4. The van der Waals surface area contributed by atoms with Gasteiger partial charge in [0.1, 0.15) is 5.75 Å². The van der Waals surface area contributed by atoms with E-state index in [0.29, 0.717) is 6.54 Å². The van der Waals surface area contributed by atoms with Gasteiger partial charge < -0.3 is 9.64 Å². The molecule has 0 bridgehead atoms.